The third kappa shape index (κ3) is 4.53. The van der Waals surface area contributed by atoms with Gasteiger partial charge < -0.3 is 16.0 Å². The highest BCUT2D eigenvalue weighted by atomic mass is 35.5. The zero-order valence-electron chi connectivity index (χ0n) is 17.6. The van der Waals surface area contributed by atoms with E-state index in [0.29, 0.717) is 35.8 Å². The number of imide groups is 1. The van der Waals surface area contributed by atoms with Gasteiger partial charge in [0.2, 0.25) is 5.91 Å². The Morgan fingerprint density at radius 3 is 2.72 bits per heavy atom. The third-order valence-corrected chi connectivity index (χ3v) is 5.87. The van der Waals surface area contributed by atoms with Gasteiger partial charge in [-0.25, -0.2) is 0 Å². The van der Waals surface area contributed by atoms with E-state index in [4.69, 9.17) is 11.6 Å². The number of allylic oxidation sites excluding steroid dienone is 1. The van der Waals surface area contributed by atoms with Gasteiger partial charge in [-0.2, -0.15) is 0 Å². The summed E-state index contributed by atoms with van der Waals surface area (Å²) in [7, 11) is 0. The second kappa shape index (κ2) is 8.88. The summed E-state index contributed by atoms with van der Waals surface area (Å²) in [6.07, 6.45) is 2.13. The molecular weight excluding hydrogens is 428 g/mol. The van der Waals surface area contributed by atoms with Crippen molar-refractivity contribution in [2.75, 3.05) is 10.6 Å². The summed E-state index contributed by atoms with van der Waals surface area (Å²) in [5.41, 5.74) is 4.30. The zero-order valence-corrected chi connectivity index (χ0v) is 18.3. The van der Waals surface area contributed by atoms with Crippen LogP contribution in [0.1, 0.15) is 24.0 Å². The highest BCUT2D eigenvalue weighted by molar-refractivity contribution is 6.31. The van der Waals surface area contributed by atoms with E-state index in [1.165, 1.54) is 6.08 Å². The molecule has 0 bridgehead atoms. The van der Waals surface area contributed by atoms with Gasteiger partial charge in [-0.15, -0.1) is 0 Å². The number of anilines is 2. The van der Waals surface area contributed by atoms with Gasteiger partial charge in [0.25, 0.3) is 11.8 Å². The van der Waals surface area contributed by atoms with Crippen LogP contribution in [0.15, 0.2) is 66.5 Å². The number of nitrogens with zero attached hydrogens (tertiary/aromatic N) is 1. The van der Waals surface area contributed by atoms with Crippen LogP contribution in [0.25, 0.3) is 0 Å². The molecule has 3 amide bonds. The molecule has 7 nitrogen and oxygen atoms in total. The number of rotatable bonds is 6. The van der Waals surface area contributed by atoms with Crippen LogP contribution >= 0.6 is 11.6 Å². The van der Waals surface area contributed by atoms with Gasteiger partial charge in [0.1, 0.15) is 11.7 Å². The van der Waals surface area contributed by atoms with Crippen molar-refractivity contribution in [2.24, 2.45) is 0 Å². The molecule has 0 spiro atoms. The Hall–Kier alpha value is -3.58. The fraction of sp³-hybridized carbons (Fsp3) is 0.208. The van der Waals surface area contributed by atoms with Gasteiger partial charge in [0, 0.05) is 34.7 Å². The molecule has 0 saturated carbocycles. The zero-order chi connectivity index (χ0) is 22.8. The van der Waals surface area contributed by atoms with Gasteiger partial charge >= 0.3 is 0 Å². The van der Waals surface area contributed by atoms with Gasteiger partial charge in [0.05, 0.1) is 0 Å². The number of carbonyl (C=O) groups is 3. The second-order valence-corrected chi connectivity index (χ2v) is 8.27. The number of benzene rings is 2. The van der Waals surface area contributed by atoms with Crippen molar-refractivity contribution >= 4 is 40.7 Å². The van der Waals surface area contributed by atoms with Gasteiger partial charge in [-0.3, -0.25) is 19.3 Å². The van der Waals surface area contributed by atoms with Crippen molar-refractivity contribution in [1.82, 2.24) is 10.2 Å². The van der Waals surface area contributed by atoms with E-state index in [0.717, 1.165) is 21.7 Å². The highest BCUT2D eigenvalue weighted by Crippen LogP contribution is 2.25. The number of piperidine rings is 1. The normalized spacial score (nSPS) is 18.5. The molecule has 3 N–H and O–H groups in total. The fourth-order valence-corrected chi connectivity index (χ4v) is 3.88. The Balaban J connectivity index is 1.42. The van der Waals surface area contributed by atoms with Crippen LogP contribution in [0, 0.1) is 6.92 Å². The summed E-state index contributed by atoms with van der Waals surface area (Å²) >= 11 is 6.18. The summed E-state index contributed by atoms with van der Waals surface area (Å²) in [4.78, 5) is 38.6. The van der Waals surface area contributed by atoms with E-state index in [1.54, 1.807) is 0 Å². The molecule has 0 aliphatic carbocycles. The summed E-state index contributed by atoms with van der Waals surface area (Å²) in [6, 6.07) is 12.5. The van der Waals surface area contributed by atoms with Crippen molar-refractivity contribution < 1.29 is 14.4 Å². The lowest BCUT2D eigenvalue weighted by molar-refractivity contribution is -0.146. The average Bonchev–Trinajstić information content (AvgIpc) is 3.02. The smallest absolute Gasteiger partial charge is 0.278 e. The number of aryl methyl sites for hydroxylation is 1. The van der Waals surface area contributed by atoms with E-state index < -0.39 is 17.9 Å². The lowest BCUT2D eigenvalue weighted by Gasteiger charge is -2.29. The first-order valence-corrected chi connectivity index (χ1v) is 10.6. The molecule has 32 heavy (non-hydrogen) atoms. The number of nitrogens with one attached hydrogen (secondary N) is 3. The largest absolute Gasteiger partial charge is 0.381 e. The lowest BCUT2D eigenvalue weighted by atomic mass is 10.0. The first kappa shape index (κ1) is 21.6. The molecule has 4 rings (SSSR count). The number of carbonyl (C=O) groups excluding carboxylic acids is 3. The van der Waals surface area contributed by atoms with Crippen molar-refractivity contribution in [2.45, 2.75) is 32.4 Å². The molecule has 0 radical (unpaired) electrons. The summed E-state index contributed by atoms with van der Waals surface area (Å²) < 4.78 is 0. The van der Waals surface area contributed by atoms with Crippen molar-refractivity contribution in [3.8, 4) is 0 Å². The maximum atomic E-state index is 12.8. The molecular formula is C24H23ClN4O3. The maximum absolute atomic E-state index is 12.8. The summed E-state index contributed by atoms with van der Waals surface area (Å²) in [6.45, 7) is 6.23. The van der Waals surface area contributed by atoms with E-state index in [9.17, 15) is 14.4 Å². The summed E-state index contributed by atoms with van der Waals surface area (Å²) in [5.74, 6) is -1.40. The van der Waals surface area contributed by atoms with Crippen LogP contribution in [0.4, 0.5) is 11.4 Å². The molecule has 1 fully saturated rings. The van der Waals surface area contributed by atoms with Crippen molar-refractivity contribution in [1.29, 1.82) is 0 Å². The monoisotopic (exact) mass is 450 g/mol. The molecule has 2 aromatic carbocycles. The van der Waals surface area contributed by atoms with E-state index in [-0.39, 0.29) is 11.6 Å². The maximum Gasteiger partial charge on any atom is 0.278 e. The predicted molar refractivity (Wildman–Crippen MR) is 124 cm³/mol. The Morgan fingerprint density at radius 1 is 1.16 bits per heavy atom. The first-order chi connectivity index (χ1) is 15.3. The minimum Gasteiger partial charge on any atom is -0.381 e. The number of halogens is 1. The van der Waals surface area contributed by atoms with Crippen molar-refractivity contribution in [3.63, 3.8) is 0 Å². The number of hydrogen-bond acceptors (Lipinski definition) is 5. The molecule has 2 heterocycles. The first-order valence-electron chi connectivity index (χ1n) is 10.3. The molecule has 1 atom stereocenters. The van der Waals surface area contributed by atoms with E-state index in [1.807, 2.05) is 49.4 Å². The molecule has 2 aromatic rings. The SMILES string of the molecule is C=C1CCC(N2C(=O)C=C(Nc3cccc(CNc4ccc(C)c(Cl)c4)c3)C2=O)C(=O)N1. The Bertz CT molecular complexity index is 1160. The Morgan fingerprint density at radius 2 is 1.97 bits per heavy atom. The quantitative estimate of drug-likeness (QED) is 0.583. The standard InChI is InChI=1S/C24H23ClN4O3/c1-14-6-8-17(11-19(14)25)26-13-16-4-3-5-18(10-16)28-20-12-22(30)29(24(20)32)21-9-7-15(2)27-23(21)31/h3-6,8,10-12,21,26,28H,2,7,9,13H2,1H3,(H,27,31). The van der Waals surface area contributed by atoms with Crippen LogP contribution in [0.2, 0.25) is 5.02 Å². The summed E-state index contributed by atoms with van der Waals surface area (Å²) in [5, 5.41) is 9.65. The average molecular weight is 451 g/mol. The molecule has 1 unspecified atom stereocenters. The van der Waals surface area contributed by atoms with Crippen LogP contribution in [0.3, 0.4) is 0 Å². The lowest BCUT2D eigenvalue weighted by Crippen LogP contribution is -2.52. The van der Waals surface area contributed by atoms with Gasteiger partial charge in [-0.1, -0.05) is 36.4 Å². The molecule has 2 aliphatic heterocycles. The highest BCUT2D eigenvalue weighted by Gasteiger charge is 2.41. The minimum atomic E-state index is -0.826. The molecule has 8 heteroatoms. The Labute approximate surface area is 191 Å². The van der Waals surface area contributed by atoms with Crippen LogP contribution in [0.5, 0.6) is 0 Å². The molecule has 164 valence electrons. The van der Waals surface area contributed by atoms with Gasteiger partial charge in [0.15, 0.2) is 0 Å². The van der Waals surface area contributed by atoms with E-state index >= 15 is 0 Å². The van der Waals surface area contributed by atoms with Crippen LogP contribution in [-0.4, -0.2) is 28.7 Å². The van der Waals surface area contributed by atoms with Crippen molar-refractivity contribution in [3.05, 3.63) is 82.7 Å². The van der Waals surface area contributed by atoms with Crippen LogP contribution < -0.4 is 16.0 Å². The number of hydrogen-bond donors (Lipinski definition) is 3. The third-order valence-electron chi connectivity index (χ3n) is 5.46. The second-order valence-electron chi connectivity index (χ2n) is 7.86. The fourth-order valence-electron chi connectivity index (χ4n) is 3.70. The molecule has 0 aromatic heterocycles. The molecule has 2 aliphatic rings. The van der Waals surface area contributed by atoms with Crippen LogP contribution in [-0.2, 0) is 20.9 Å². The molecule has 1 saturated heterocycles. The van der Waals surface area contributed by atoms with Gasteiger partial charge in [-0.05, 0) is 55.2 Å². The number of amides is 3. The minimum absolute atomic E-state index is 0.141. The van der Waals surface area contributed by atoms with E-state index in [2.05, 4.69) is 22.5 Å². The Kier molecular flexibility index (Phi) is 6.01. The predicted octanol–water partition coefficient (Wildman–Crippen LogP) is 3.72. The topological polar surface area (TPSA) is 90.5 Å².